The maximum Gasteiger partial charge on any atom is 0.307 e. The highest BCUT2D eigenvalue weighted by Crippen LogP contribution is 1.83. The highest BCUT2D eigenvalue weighted by Gasteiger charge is 2.01. The van der Waals surface area contributed by atoms with Crippen LogP contribution in [0.25, 0.3) is 0 Å². The van der Waals surface area contributed by atoms with Crippen LogP contribution in [0.15, 0.2) is 0 Å². The fourth-order valence-corrected chi connectivity index (χ4v) is 0.702. The van der Waals surface area contributed by atoms with Crippen molar-refractivity contribution >= 4 is 17.9 Å². The Morgan fingerprint density at radius 2 is 2.14 bits per heavy atom. The van der Waals surface area contributed by atoms with E-state index in [1.807, 2.05) is 0 Å². The fraction of sp³-hybridized carbons (Fsp3) is 0.571. The third-order valence-electron chi connectivity index (χ3n) is 1.20. The van der Waals surface area contributed by atoms with E-state index in [1.54, 1.807) is 6.92 Å². The molecular formula is C7H15N5O2. The first-order valence-electron chi connectivity index (χ1n) is 4.15. The minimum absolute atomic E-state index is 0.109. The number of carbonyl (C=O) groups is 1. The van der Waals surface area contributed by atoms with Crippen molar-refractivity contribution in [2.24, 2.45) is 5.73 Å². The average Bonchev–Trinajstić information content (AvgIpc) is 2.02. The highest BCUT2D eigenvalue weighted by atomic mass is 16.5. The summed E-state index contributed by atoms with van der Waals surface area (Å²) in [5.74, 6) is -0.754. The minimum Gasteiger partial charge on any atom is -0.466 e. The molecule has 6 N–H and O–H groups in total. The van der Waals surface area contributed by atoms with E-state index in [0.29, 0.717) is 6.61 Å². The number of hydrogen-bond donors (Lipinski definition) is 5. The van der Waals surface area contributed by atoms with Gasteiger partial charge in [0.2, 0.25) is 0 Å². The van der Waals surface area contributed by atoms with Crippen LogP contribution in [0.5, 0.6) is 0 Å². The van der Waals surface area contributed by atoms with E-state index in [-0.39, 0.29) is 30.9 Å². The van der Waals surface area contributed by atoms with E-state index in [0.717, 1.165) is 0 Å². The molecule has 0 atom stereocenters. The topological polar surface area (TPSA) is 124 Å². The second-order valence-corrected chi connectivity index (χ2v) is 2.40. The van der Waals surface area contributed by atoms with Crippen molar-refractivity contribution < 1.29 is 9.53 Å². The molecule has 0 unspecified atom stereocenters. The van der Waals surface area contributed by atoms with E-state index in [1.165, 1.54) is 0 Å². The SMILES string of the molecule is CCOC(=O)CCNC(=N)NC(=N)N. The molecule has 0 aromatic carbocycles. The molecule has 0 saturated heterocycles. The third-order valence-corrected chi connectivity index (χ3v) is 1.20. The summed E-state index contributed by atoms with van der Waals surface area (Å²) < 4.78 is 4.67. The number of carbonyl (C=O) groups excluding carboxylic acids is 1. The van der Waals surface area contributed by atoms with Gasteiger partial charge in [0.25, 0.3) is 0 Å². The van der Waals surface area contributed by atoms with Crippen LogP contribution in [0.1, 0.15) is 13.3 Å². The highest BCUT2D eigenvalue weighted by molar-refractivity contribution is 5.94. The van der Waals surface area contributed by atoms with Crippen molar-refractivity contribution in [1.29, 1.82) is 10.8 Å². The van der Waals surface area contributed by atoms with Gasteiger partial charge in [-0.1, -0.05) is 0 Å². The summed E-state index contributed by atoms with van der Waals surface area (Å²) in [5.41, 5.74) is 4.97. The number of hydrogen-bond acceptors (Lipinski definition) is 4. The number of rotatable bonds is 4. The van der Waals surface area contributed by atoms with Crippen LogP contribution < -0.4 is 16.4 Å². The number of nitrogens with one attached hydrogen (secondary N) is 4. The molecule has 80 valence electrons. The zero-order valence-electron chi connectivity index (χ0n) is 8.02. The fourth-order valence-electron chi connectivity index (χ4n) is 0.702. The molecule has 14 heavy (non-hydrogen) atoms. The molecule has 0 fully saturated rings. The molecule has 0 radical (unpaired) electrons. The first kappa shape index (κ1) is 12.2. The molecule has 0 heterocycles. The first-order chi connectivity index (χ1) is 6.56. The lowest BCUT2D eigenvalue weighted by atomic mass is 10.4. The molecule has 7 nitrogen and oxygen atoms in total. The van der Waals surface area contributed by atoms with Crippen LogP contribution >= 0.6 is 0 Å². The second-order valence-electron chi connectivity index (χ2n) is 2.40. The van der Waals surface area contributed by atoms with E-state index in [2.05, 4.69) is 15.4 Å². The number of ether oxygens (including phenoxy) is 1. The van der Waals surface area contributed by atoms with Crippen molar-refractivity contribution in [2.45, 2.75) is 13.3 Å². The Morgan fingerprint density at radius 1 is 1.50 bits per heavy atom. The Morgan fingerprint density at radius 3 is 2.64 bits per heavy atom. The Kier molecular flexibility index (Phi) is 5.84. The molecule has 0 rings (SSSR count). The molecule has 0 amide bonds. The molecule has 0 aliphatic heterocycles. The standard InChI is InChI=1S/C7H15N5O2/c1-2-14-5(13)3-4-11-7(10)12-6(8)9/h2-4H2,1H3,(H6,8,9,10,11,12). The van der Waals surface area contributed by atoms with Gasteiger partial charge in [-0.05, 0) is 6.92 Å². The van der Waals surface area contributed by atoms with Gasteiger partial charge >= 0.3 is 5.97 Å². The predicted octanol–water partition coefficient (Wildman–Crippen LogP) is -1.05. The van der Waals surface area contributed by atoms with Gasteiger partial charge in [-0.15, -0.1) is 0 Å². The second kappa shape index (κ2) is 6.70. The van der Waals surface area contributed by atoms with Crippen molar-refractivity contribution in [3.8, 4) is 0 Å². The summed E-state index contributed by atoms with van der Waals surface area (Å²) in [6, 6.07) is 0. The average molecular weight is 201 g/mol. The van der Waals surface area contributed by atoms with Gasteiger partial charge in [0.05, 0.1) is 13.0 Å². The predicted molar refractivity (Wildman–Crippen MR) is 52.0 cm³/mol. The summed E-state index contributed by atoms with van der Waals surface area (Å²) >= 11 is 0. The van der Waals surface area contributed by atoms with Gasteiger partial charge in [0.1, 0.15) is 0 Å². The molecule has 0 saturated carbocycles. The van der Waals surface area contributed by atoms with E-state index < -0.39 is 0 Å². The van der Waals surface area contributed by atoms with Gasteiger partial charge in [0.15, 0.2) is 11.9 Å². The normalized spacial score (nSPS) is 8.93. The van der Waals surface area contributed by atoms with E-state index in [4.69, 9.17) is 16.6 Å². The van der Waals surface area contributed by atoms with Gasteiger partial charge in [-0.2, -0.15) is 0 Å². The van der Waals surface area contributed by atoms with Crippen molar-refractivity contribution in [3.63, 3.8) is 0 Å². The van der Waals surface area contributed by atoms with Crippen LogP contribution in [0.3, 0.4) is 0 Å². The number of esters is 1. The molecule has 0 aromatic rings. The molecule has 0 spiro atoms. The van der Waals surface area contributed by atoms with Crippen LogP contribution in [0.2, 0.25) is 0 Å². The van der Waals surface area contributed by atoms with Gasteiger partial charge in [-0.3, -0.25) is 20.9 Å². The third kappa shape index (κ3) is 6.89. The Bertz CT molecular complexity index is 228. The van der Waals surface area contributed by atoms with E-state index >= 15 is 0 Å². The lowest BCUT2D eigenvalue weighted by Gasteiger charge is -2.07. The molecule has 0 bridgehead atoms. The van der Waals surface area contributed by atoms with Crippen LogP contribution in [0.4, 0.5) is 0 Å². The maximum atomic E-state index is 10.8. The lowest BCUT2D eigenvalue weighted by Crippen LogP contribution is -2.43. The van der Waals surface area contributed by atoms with Crippen LogP contribution in [-0.2, 0) is 9.53 Å². The zero-order chi connectivity index (χ0) is 11.0. The Balaban J connectivity index is 3.49. The van der Waals surface area contributed by atoms with Crippen molar-refractivity contribution in [2.75, 3.05) is 13.2 Å². The lowest BCUT2D eigenvalue weighted by molar-refractivity contribution is -0.142. The van der Waals surface area contributed by atoms with Crippen LogP contribution in [-0.4, -0.2) is 31.0 Å². The summed E-state index contributed by atoms with van der Waals surface area (Å²) in [4.78, 5) is 10.8. The minimum atomic E-state index is -0.323. The largest absolute Gasteiger partial charge is 0.466 e. The summed E-state index contributed by atoms with van der Waals surface area (Å²) in [6.45, 7) is 2.35. The maximum absolute atomic E-state index is 10.8. The first-order valence-corrected chi connectivity index (χ1v) is 4.15. The molecule has 0 aliphatic rings. The quantitative estimate of drug-likeness (QED) is 0.225. The van der Waals surface area contributed by atoms with Crippen LogP contribution in [0, 0.1) is 10.8 Å². The summed E-state index contributed by atoms with van der Waals surface area (Å²) in [7, 11) is 0. The number of guanidine groups is 2. The van der Waals surface area contributed by atoms with Gasteiger partial charge < -0.3 is 15.8 Å². The summed E-state index contributed by atoms with van der Waals surface area (Å²) in [6.07, 6.45) is 0.176. The zero-order valence-corrected chi connectivity index (χ0v) is 8.02. The molecule has 0 aliphatic carbocycles. The smallest absolute Gasteiger partial charge is 0.307 e. The molecule has 0 aromatic heterocycles. The number of nitrogens with two attached hydrogens (primary N) is 1. The van der Waals surface area contributed by atoms with Crippen molar-refractivity contribution in [3.05, 3.63) is 0 Å². The molecular weight excluding hydrogens is 186 g/mol. The monoisotopic (exact) mass is 201 g/mol. The molecule has 7 heteroatoms. The van der Waals surface area contributed by atoms with Crippen molar-refractivity contribution in [1.82, 2.24) is 10.6 Å². The Labute approximate surface area is 82.0 Å². The summed E-state index contributed by atoms with van der Waals surface area (Å²) in [5, 5.41) is 18.8. The van der Waals surface area contributed by atoms with Gasteiger partial charge in [0, 0.05) is 6.54 Å². The van der Waals surface area contributed by atoms with E-state index in [9.17, 15) is 4.79 Å². The van der Waals surface area contributed by atoms with Gasteiger partial charge in [-0.25, -0.2) is 0 Å². The Hall–Kier alpha value is -1.79.